The van der Waals surface area contributed by atoms with Crippen molar-refractivity contribution in [1.82, 2.24) is 9.13 Å². The fraction of sp³-hybridized carbons (Fsp3) is 0.143. The first kappa shape index (κ1) is 18.2. The molecule has 0 saturated heterocycles. The summed E-state index contributed by atoms with van der Waals surface area (Å²) < 4.78 is 10.9. The lowest BCUT2D eigenvalue weighted by molar-refractivity contribution is 0.121. The van der Waals surface area contributed by atoms with E-state index < -0.39 is 0 Å². The number of para-hydroxylation sites is 4. The van der Waals surface area contributed by atoms with Crippen LogP contribution in [-0.4, -0.2) is 22.3 Å². The third-order valence-corrected chi connectivity index (χ3v) is 6.28. The molecule has 0 unspecified atom stereocenters. The number of aromatic nitrogens is 2. The van der Waals surface area contributed by atoms with Crippen LogP contribution in [0.15, 0.2) is 97.1 Å². The Labute approximate surface area is 181 Å². The first-order valence-corrected chi connectivity index (χ1v) is 10.9. The molecular weight excluding hydrogens is 380 g/mol. The van der Waals surface area contributed by atoms with E-state index in [1.54, 1.807) is 0 Å². The first-order valence-electron chi connectivity index (χ1n) is 10.9. The largest absolute Gasteiger partial charge is 0.378 e. The van der Waals surface area contributed by atoms with E-state index in [9.17, 15) is 0 Å². The van der Waals surface area contributed by atoms with Gasteiger partial charge in [-0.2, -0.15) is 0 Å². The summed E-state index contributed by atoms with van der Waals surface area (Å²) in [6.07, 6.45) is 0. The van der Waals surface area contributed by atoms with Gasteiger partial charge >= 0.3 is 0 Å². The maximum Gasteiger partial charge on any atom is 0.0646 e. The summed E-state index contributed by atoms with van der Waals surface area (Å²) in [4.78, 5) is 0. The van der Waals surface area contributed by atoms with Crippen LogP contribution in [0.4, 0.5) is 0 Å². The zero-order chi connectivity index (χ0) is 20.6. The Morgan fingerprint density at radius 1 is 0.419 bits per heavy atom. The number of ether oxygens (including phenoxy) is 1. The maximum atomic E-state index is 6.13. The van der Waals surface area contributed by atoms with Gasteiger partial charge in [-0.25, -0.2) is 0 Å². The smallest absolute Gasteiger partial charge is 0.0646 e. The topological polar surface area (TPSA) is 19.1 Å². The summed E-state index contributed by atoms with van der Waals surface area (Å²) in [5.74, 6) is 0. The molecule has 0 aliphatic heterocycles. The van der Waals surface area contributed by atoms with Crippen molar-refractivity contribution in [2.45, 2.75) is 13.1 Å². The molecule has 31 heavy (non-hydrogen) atoms. The van der Waals surface area contributed by atoms with E-state index in [0.29, 0.717) is 13.2 Å². The molecule has 0 radical (unpaired) electrons. The van der Waals surface area contributed by atoms with E-state index in [4.69, 9.17) is 4.74 Å². The molecule has 3 heteroatoms. The Bertz CT molecular complexity index is 1300. The van der Waals surface area contributed by atoms with Gasteiger partial charge in [0.15, 0.2) is 0 Å². The average Bonchev–Trinajstić information content (AvgIpc) is 3.32. The van der Waals surface area contributed by atoms with Gasteiger partial charge in [0.2, 0.25) is 0 Å². The molecule has 0 N–H and O–H groups in total. The van der Waals surface area contributed by atoms with E-state index in [0.717, 1.165) is 13.1 Å². The lowest BCUT2D eigenvalue weighted by Crippen LogP contribution is -2.10. The van der Waals surface area contributed by atoms with E-state index in [1.165, 1.54) is 43.6 Å². The molecule has 0 aliphatic carbocycles. The molecular formula is C28H24N2O. The monoisotopic (exact) mass is 404 g/mol. The van der Waals surface area contributed by atoms with Crippen LogP contribution in [0.1, 0.15) is 0 Å². The Kier molecular flexibility index (Phi) is 4.47. The highest BCUT2D eigenvalue weighted by Gasteiger charge is 2.11. The molecule has 0 fully saturated rings. The lowest BCUT2D eigenvalue weighted by atomic mass is 10.2. The van der Waals surface area contributed by atoms with E-state index in [1.807, 2.05) is 0 Å². The fourth-order valence-corrected chi connectivity index (χ4v) is 4.90. The second-order valence-electron chi connectivity index (χ2n) is 7.98. The van der Waals surface area contributed by atoms with Gasteiger partial charge < -0.3 is 13.9 Å². The van der Waals surface area contributed by atoms with Gasteiger partial charge in [0.05, 0.1) is 13.2 Å². The van der Waals surface area contributed by atoms with E-state index in [2.05, 4.69) is 106 Å². The maximum absolute atomic E-state index is 6.13. The van der Waals surface area contributed by atoms with Crippen LogP contribution >= 0.6 is 0 Å². The molecule has 152 valence electrons. The minimum atomic E-state index is 0.694. The van der Waals surface area contributed by atoms with Gasteiger partial charge in [-0.05, 0) is 24.3 Å². The zero-order valence-electron chi connectivity index (χ0n) is 17.4. The Balaban J connectivity index is 1.21. The number of rotatable bonds is 6. The van der Waals surface area contributed by atoms with Gasteiger partial charge in [0.1, 0.15) is 0 Å². The number of nitrogens with zero attached hydrogens (tertiary/aromatic N) is 2. The average molecular weight is 405 g/mol. The minimum absolute atomic E-state index is 0.694. The molecule has 4 aromatic carbocycles. The first-order chi connectivity index (χ1) is 15.4. The molecule has 6 aromatic rings. The zero-order valence-corrected chi connectivity index (χ0v) is 17.4. The molecule has 3 nitrogen and oxygen atoms in total. The van der Waals surface area contributed by atoms with Crippen molar-refractivity contribution in [2.75, 3.05) is 13.2 Å². The van der Waals surface area contributed by atoms with Crippen molar-refractivity contribution in [3.63, 3.8) is 0 Å². The van der Waals surface area contributed by atoms with Crippen LogP contribution in [-0.2, 0) is 17.8 Å². The fourth-order valence-electron chi connectivity index (χ4n) is 4.90. The number of hydrogen-bond donors (Lipinski definition) is 0. The predicted molar refractivity (Wildman–Crippen MR) is 130 cm³/mol. The minimum Gasteiger partial charge on any atom is -0.378 e. The number of hydrogen-bond acceptors (Lipinski definition) is 1. The van der Waals surface area contributed by atoms with Gasteiger partial charge in [0, 0.05) is 56.7 Å². The van der Waals surface area contributed by atoms with E-state index >= 15 is 0 Å². The highest BCUT2D eigenvalue weighted by molar-refractivity contribution is 6.08. The second-order valence-corrected chi connectivity index (χ2v) is 7.98. The van der Waals surface area contributed by atoms with Crippen LogP contribution in [0.25, 0.3) is 43.6 Å². The molecule has 0 spiro atoms. The highest BCUT2D eigenvalue weighted by atomic mass is 16.5. The van der Waals surface area contributed by atoms with Crippen molar-refractivity contribution in [3.8, 4) is 0 Å². The number of benzene rings is 4. The quantitative estimate of drug-likeness (QED) is 0.286. The van der Waals surface area contributed by atoms with Gasteiger partial charge in [-0.3, -0.25) is 0 Å². The summed E-state index contributed by atoms with van der Waals surface area (Å²) in [5.41, 5.74) is 5.09. The Morgan fingerprint density at radius 2 is 0.710 bits per heavy atom. The van der Waals surface area contributed by atoms with E-state index in [-0.39, 0.29) is 0 Å². The molecule has 2 aromatic heterocycles. The van der Waals surface area contributed by atoms with Gasteiger partial charge in [0.25, 0.3) is 0 Å². The highest BCUT2D eigenvalue weighted by Crippen LogP contribution is 2.29. The summed E-state index contributed by atoms with van der Waals surface area (Å²) in [5, 5.41) is 5.23. The van der Waals surface area contributed by atoms with Crippen molar-refractivity contribution in [1.29, 1.82) is 0 Å². The third-order valence-electron chi connectivity index (χ3n) is 6.28. The summed E-state index contributed by atoms with van der Waals surface area (Å²) in [6.45, 7) is 3.09. The summed E-state index contributed by atoms with van der Waals surface area (Å²) >= 11 is 0. The van der Waals surface area contributed by atoms with Crippen LogP contribution < -0.4 is 0 Å². The van der Waals surface area contributed by atoms with Crippen molar-refractivity contribution >= 4 is 43.6 Å². The van der Waals surface area contributed by atoms with Gasteiger partial charge in [-0.1, -0.05) is 72.8 Å². The lowest BCUT2D eigenvalue weighted by Gasteiger charge is -2.10. The molecule has 2 heterocycles. The van der Waals surface area contributed by atoms with Crippen LogP contribution in [0.3, 0.4) is 0 Å². The second kappa shape index (κ2) is 7.60. The summed E-state index contributed by atoms with van der Waals surface area (Å²) in [7, 11) is 0. The normalized spacial score (nSPS) is 11.9. The van der Waals surface area contributed by atoms with Crippen LogP contribution in [0.5, 0.6) is 0 Å². The van der Waals surface area contributed by atoms with Crippen LogP contribution in [0.2, 0.25) is 0 Å². The Morgan fingerprint density at radius 3 is 1.03 bits per heavy atom. The van der Waals surface area contributed by atoms with Crippen LogP contribution in [0, 0.1) is 0 Å². The third kappa shape index (κ3) is 3.01. The molecule has 0 bridgehead atoms. The predicted octanol–water partition coefficient (Wildman–Crippen LogP) is 6.62. The van der Waals surface area contributed by atoms with Crippen molar-refractivity contribution < 1.29 is 4.74 Å². The van der Waals surface area contributed by atoms with Crippen molar-refractivity contribution in [3.05, 3.63) is 97.1 Å². The molecule has 0 amide bonds. The summed E-state index contributed by atoms with van der Waals surface area (Å²) in [6, 6.07) is 34.5. The SMILES string of the molecule is c1ccc2c(c1)c1ccccc1n2CCOCCn1c2ccccc2c2ccccc21. The molecule has 0 aliphatic rings. The molecule has 6 rings (SSSR count). The Hall–Kier alpha value is -3.56. The molecule has 0 atom stereocenters. The van der Waals surface area contributed by atoms with Gasteiger partial charge in [-0.15, -0.1) is 0 Å². The standard InChI is InChI=1S/C28H24N2O/c1-5-13-25-21(9-1)22-10-2-6-14-26(22)29(25)17-19-31-20-18-30-27-15-7-3-11-23(27)24-12-4-8-16-28(24)30/h1-16H,17-20H2. The number of fused-ring (bicyclic) bond motifs is 6. The van der Waals surface area contributed by atoms with Crippen molar-refractivity contribution in [2.24, 2.45) is 0 Å². The molecule has 0 saturated carbocycles.